The highest BCUT2D eigenvalue weighted by Gasteiger charge is 2.66. The van der Waals surface area contributed by atoms with E-state index in [1.807, 2.05) is 20.8 Å². The number of phenols is 1. The number of ether oxygens (including phenoxy) is 2. The van der Waals surface area contributed by atoms with Crippen LogP contribution >= 0.6 is 0 Å². The molecule has 1 aromatic carbocycles. The number of carbonyl (C=O) groups excluding carboxylic acids is 3. The van der Waals surface area contributed by atoms with E-state index in [9.17, 15) is 24.6 Å². The zero-order valence-electron chi connectivity index (χ0n) is 18.5. The Bertz CT molecular complexity index is 916. The van der Waals surface area contributed by atoms with Crippen molar-refractivity contribution in [2.75, 3.05) is 0 Å². The largest absolute Gasteiger partial charge is 0.508 e. The third-order valence-electron chi connectivity index (χ3n) is 6.88. The first-order valence-electron chi connectivity index (χ1n) is 10.5. The average Bonchev–Trinajstić information content (AvgIpc) is 2.82. The lowest BCUT2D eigenvalue weighted by Gasteiger charge is -2.42. The molecule has 168 valence electrons. The van der Waals surface area contributed by atoms with Crippen LogP contribution in [0.2, 0.25) is 0 Å². The number of carbonyl (C=O) groups is 3. The molecule has 2 aliphatic rings. The fourth-order valence-electron chi connectivity index (χ4n) is 5.10. The summed E-state index contributed by atoms with van der Waals surface area (Å²) < 4.78 is 11.4. The molecule has 7 heteroatoms. The van der Waals surface area contributed by atoms with Crippen LogP contribution in [0.15, 0.2) is 35.9 Å². The van der Waals surface area contributed by atoms with E-state index >= 15 is 0 Å². The Morgan fingerprint density at radius 2 is 1.77 bits per heavy atom. The number of fused-ring (bicyclic) bond motifs is 1. The molecule has 0 spiro atoms. The van der Waals surface area contributed by atoms with Gasteiger partial charge in [-0.05, 0) is 48.8 Å². The van der Waals surface area contributed by atoms with Crippen LogP contribution in [0.3, 0.4) is 0 Å². The first-order chi connectivity index (χ1) is 14.4. The van der Waals surface area contributed by atoms with Crippen LogP contribution in [0.25, 0.3) is 0 Å². The van der Waals surface area contributed by atoms with Crippen LogP contribution in [-0.2, 0) is 19.1 Å². The summed E-state index contributed by atoms with van der Waals surface area (Å²) >= 11 is 0. The molecule has 0 saturated heterocycles. The lowest BCUT2D eigenvalue weighted by atomic mass is 9.67. The van der Waals surface area contributed by atoms with E-state index in [-0.39, 0.29) is 35.9 Å². The van der Waals surface area contributed by atoms with Crippen molar-refractivity contribution < 1.29 is 34.1 Å². The van der Waals surface area contributed by atoms with Gasteiger partial charge in [-0.3, -0.25) is 9.59 Å². The van der Waals surface area contributed by atoms with Crippen molar-refractivity contribution in [2.45, 2.75) is 65.3 Å². The molecule has 0 aromatic heterocycles. The number of aliphatic hydroxyl groups is 1. The van der Waals surface area contributed by atoms with Gasteiger partial charge in [0.25, 0.3) is 0 Å². The maximum Gasteiger partial charge on any atom is 0.338 e. The molecule has 0 bridgehead atoms. The molecule has 1 saturated carbocycles. The topological polar surface area (TPSA) is 110 Å². The zero-order valence-corrected chi connectivity index (χ0v) is 18.5. The number of Topliss-reactive ketones (excluding diaryl/α,β-unsaturated/α-hetero) is 1. The predicted octanol–water partition coefficient (Wildman–Crippen LogP) is 3.18. The van der Waals surface area contributed by atoms with Gasteiger partial charge < -0.3 is 19.7 Å². The van der Waals surface area contributed by atoms with Crippen LogP contribution in [-0.4, -0.2) is 45.7 Å². The van der Waals surface area contributed by atoms with Crippen molar-refractivity contribution in [1.82, 2.24) is 0 Å². The van der Waals surface area contributed by atoms with Crippen LogP contribution in [0.5, 0.6) is 5.75 Å². The number of aromatic hydroxyl groups is 1. The highest BCUT2D eigenvalue weighted by atomic mass is 16.6. The maximum atomic E-state index is 12.9. The molecule has 3 rings (SSSR count). The Kier molecular flexibility index (Phi) is 6.02. The van der Waals surface area contributed by atoms with Gasteiger partial charge in [-0.2, -0.15) is 0 Å². The summed E-state index contributed by atoms with van der Waals surface area (Å²) in [5.41, 5.74) is -1.57. The summed E-state index contributed by atoms with van der Waals surface area (Å²) in [6.45, 7) is 8.49. The van der Waals surface area contributed by atoms with E-state index in [4.69, 9.17) is 9.47 Å². The van der Waals surface area contributed by atoms with Crippen molar-refractivity contribution in [1.29, 1.82) is 0 Å². The van der Waals surface area contributed by atoms with Gasteiger partial charge >= 0.3 is 11.9 Å². The van der Waals surface area contributed by atoms with Gasteiger partial charge in [-0.1, -0.05) is 20.8 Å². The number of hydrogen-bond donors (Lipinski definition) is 2. The van der Waals surface area contributed by atoms with E-state index in [0.29, 0.717) is 5.57 Å². The fourth-order valence-corrected chi connectivity index (χ4v) is 5.10. The summed E-state index contributed by atoms with van der Waals surface area (Å²) in [7, 11) is 0. The van der Waals surface area contributed by atoms with Crippen LogP contribution in [0.4, 0.5) is 0 Å². The van der Waals surface area contributed by atoms with Crippen molar-refractivity contribution in [3.8, 4) is 5.75 Å². The second-order valence-electron chi connectivity index (χ2n) is 9.30. The number of hydrogen-bond acceptors (Lipinski definition) is 7. The van der Waals surface area contributed by atoms with Gasteiger partial charge in [-0.25, -0.2) is 4.79 Å². The molecule has 2 N–H and O–H groups in total. The molecule has 7 nitrogen and oxygen atoms in total. The third kappa shape index (κ3) is 4.11. The quantitative estimate of drug-likeness (QED) is 0.706. The van der Waals surface area contributed by atoms with Crippen molar-refractivity contribution in [3.63, 3.8) is 0 Å². The summed E-state index contributed by atoms with van der Waals surface area (Å²) in [4.78, 5) is 37.5. The molecule has 1 aromatic rings. The molecule has 0 radical (unpaired) electrons. The standard InChI is InChI=1S/C24H30O7/c1-13(2)24(29)12-20(30-15(4)25)23(5)11-18(27)14(3)10-19(21(23)24)31-22(28)16-6-8-17(26)9-7-16/h6-10,13,19-21,26,29H,11-12H2,1-5H3/t19-,20+,21-,23-,24-/m1/s1. The van der Waals surface area contributed by atoms with Gasteiger partial charge in [0.15, 0.2) is 5.78 Å². The molecule has 0 unspecified atom stereocenters. The number of ketones is 1. The lowest BCUT2D eigenvalue weighted by Crippen LogP contribution is -2.50. The second kappa shape index (κ2) is 8.11. The summed E-state index contributed by atoms with van der Waals surface area (Å²) in [5.74, 6) is -2.14. The number of benzene rings is 1. The van der Waals surface area contributed by atoms with E-state index in [0.717, 1.165) is 0 Å². The number of rotatable bonds is 4. The SMILES string of the molecule is CC(=O)O[C@H]1C[C@@](O)(C(C)C)[C@@H]2[C@H](OC(=O)c3ccc(O)cc3)C=C(C)C(=O)C[C@]12C. The van der Waals surface area contributed by atoms with E-state index < -0.39 is 41.1 Å². The lowest BCUT2D eigenvalue weighted by molar-refractivity contribution is -0.154. The molecule has 0 heterocycles. The summed E-state index contributed by atoms with van der Waals surface area (Å²) in [5, 5.41) is 21.2. The maximum absolute atomic E-state index is 12.9. The molecule has 0 aliphatic heterocycles. The van der Waals surface area contributed by atoms with Gasteiger partial charge in [0, 0.05) is 31.1 Å². The van der Waals surface area contributed by atoms with E-state index in [1.165, 1.54) is 31.2 Å². The molecule has 2 aliphatic carbocycles. The van der Waals surface area contributed by atoms with Crippen LogP contribution in [0, 0.1) is 17.3 Å². The number of phenolic OH excluding ortho intramolecular Hbond substituents is 1. The third-order valence-corrected chi connectivity index (χ3v) is 6.88. The van der Waals surface area contributed by atoms with Crippen molar-refractivity contribution in [3.05, 3.63) is 41.5 Å². The van der Waals surface area contributed by atoms with E-state index in [2.05, 4.69) is 0 Å². The van der Waals surface area contributed by atoms with Crippen LogP contribution in [0.1, 0.15) is 57.8 Å². The Balaban J connectivity index is 2.07. The molecular formula is C24H30O7. The van der Waals surface area contributed by atoms with Gasteiger partial charge in [0.2, 0.25) is 0 Å². The smallest absolute Gasteiger partial charge is 0.338 e. The second-order valence-corrected chi connectivity index (χ2v) is 9.30. The highest BCUT2D eigenvalue weighted by molar-refractivity contribution is 5.96. The van der Waals surface area contributed by atoms with Crippen LogP contribution < -0.4 is 0 Å². The monoisotopic (exact) mass is 430 g/mol. The van der Waals surface area contributed by atoms with Gasteiger partial charge in [-0.15, -0.1) is 0 Å². The minimum Gasteiger partial charge on any atom is -0.508 e. The fraction of sp³-hybridized carbons (Fsp3) is 0.542. The van der Waals surface area contributed by atoms with Crippen molar-refractivity contribution >= 4 is 17.7 Å². The first kappa shape index (κ1) is 23.0. The average molecular weight is 430 g/mol. The molecular weight excluding hydrogens is 400 g/mol. The highest BCUT2D eigenvalue weighted by Crippen LogP contribution is 2.58. The van der Waals surface area contributed by atoms with E-state index in [1.54, 1.807) is 13.0 Å². The van der Waals surface area contributed by atoms with Gasteiger partial charge in [0.05, 0.1) is 11.2 Å². The number of allylic oxidation sites excluding steroid dienone is 1. The first-order valence-corrected chi connectivity index (χ1v) is 10.5. The normalized spacial score (nSPS) is 32.8. The van der Waals surface area contributed by atoms with Gasteiger partial charge in [0.1, 0.15) is 18.0 Å². The predicted molar refractivity (Wildman–Crippen MR) is 112 cm³/mol. The summed E-state index contributed by atoms with van der Waals surface area (Å²) in [6.07, 6.45) is 0.227. The number of esters is 2. The Hall–Kier alpha value is -2.67. The zero-order chi connectivity index (χ0) is 23.1. The molecule has 0 amide bonds. The molecule has 5 atom stereocenters. The summed E-state index contributed by atoms with van der Waals surface area (Å²) in [6, 6.07) is 5.66. The minimum atomic E-state index is -1.32. The Morgan fingerprint density at radius 3 is 2.32 bits per heavy atom. The van der Waals surface area contributed by atoms with Crippen molar-refractivity contribution in [2.24, 2.45) is 17.3 Å². The molecule has 31 heavy (non-hydrogen) atoms. The molecule has 1 fully saturated rings. The minimum absolute atomic E-state index is 0.0223. The Labute approximate surface area is 182 Å². The Morgan fingerprint density at radius 1 is 1.16 bits per heavy atom.